The molecule has 0 radical (unpaired) electrons. The molecule has 0 amide bonds. The summed E-state index contributed by atoms with van der Waals surface area (Å²) in [6, 6.07) is 13.4. The zero-order valence-electron chi connectivity index (χ0n) is 14.8. The van der Waals surface area contributed by atoms with Gasteiger partial charge in [-0.2, -0.15) is 10.1 Å². The number of halogens is 2. The molecule has 3 aromatic rings. The molecular formula is C21H16ClFN4O. The van der Waals surface area contributed by atoms with Crippen LogP contribution in [0.5, 0.6) is 0 Å². The predicted octanol–water partition coefficient (Wildman–Crippen LogP) is 4.49. The molecule has 1 aliphatic carbocycles. The van der Waals surface area contributed by atoms with Gasteiger partial charge in [0.05, 0.1) is 0 Å². The topological polar surface area (TPSA) is 59.8 Å². The first-order valence-corrected chi connectivity index (χ1v) is 9.42. The maximum atomic E-state index is 14.6. The molecule has 0 spiro atoms. The standard InChI is InChI=1S/C21H16ClFN4O/c22-14-5-3-4-12(8-14)13-9-17-19(18(28)10-13)20(15-6-1-2-7-16(15)23)27-21(26-17)24-11-25-27/h1-8,11,13,20H,9-10H2,(H,24,25,26)/t13-,20-/m1/s1. The number of ketones is 1. The van der Waals surface area contributed by atoms with Crippen LogP contribution in [0.4, 0.5) is 10.3 Å². The highest BCUT2D eigenvalue weighted by Crippen LogP contribution is 2.44. The molecule has 2 heterocycles. The van der Waals surface area contributed by atoms with Gasteiger partial charge < -0.3 is 5.32 Å². The zero-order valence-corrected chi connectivity index (χ0v) is 15.5. The lowest BCUT2D eigenvalue weighted by molar-refractivity contribution is -0.116. The van der Waals surface area contributed by atoms with Crippen LogP contribution in [0.1, 0.15) is 35.9 Å². The van der Waals surface area contributed by atoms with Gasteiger partial charge in [0.25, 0.3) is 0 Å². The summed E-state index contributed by atoms with van der Waals surface area (Å²) in [4.78, 5) is 17.5. The second-order valence-corrected chi connectivity index (χ2v) is 7.49. The molecule has 7 heteroatoms. The van der Waals surface area contributed by atoms with E-state index < -0.39 is 6.04 Å². The third kappa shape index (κ3) is 2.72. The van der Waals surface area contributed by atoms with Gasteiger partial charge in [-0.15, -0.1) is 0 Å². The summed E-state index contributed by atoms with van der Waals surface area (Å²) in [5.41, 5.74) is 2.76. The van der Waals surface area contributed by atoms with Crippen LogP contribution in [0.15, 0.2) is 66.1 Å². The fourth-order valence-electron chi connectivity index (χ4n) is 4.13. The molecule has 2 aliphatic rings. The molecule has 140 valence electrons. The highest BCUT2D eigenvalue weighted by atomic mass is 35.5. The Balaban J connectivity index is 1.62. The number of benzene rings is 2. The van der Waals surface area contributed by atoms with E-state index in [4.69, 9.17) is 11.6 Å². The van der Waals surface area contributed by atoms with Crippen LogP contribution in [0.2, 0.25) is 5.02 Å². The van der Waals surface area contributed by atoms with E-state index in [1.807, 2.05) is 24.3 Å². The van der Waals surface area contributed by atoms with Crippen LogP contribution in [0, 0.1) is 5.82 Å². The second kappa shape index (κ2) is 6.56. The molecule has 0 fully saturated rings. The van der Waals surface area contributed by atoms with Crippen LogP contribution in [-0.2, 0) is 4.79 Å². The number of anilines is 1. The van der Waals surface area contributed by atoms with E-state index >= 15 is 0 Å². The number of allylic oxidation sites excluding steroid dienone is 2. The van der Waals surface area contributed by atoms with Crippen LogP contribution in [0.3, 0.4) is 0 Å². The van der Waals surface area contributed by atoms with Crippen LogP contribution in [-0.4, -0.2) is 20.5 Å². The van der Waals surface area contributed by atoms with Crippen molar-refractivity contribution in [2.75, 3.05) is 5.32 Å². The van der Waals surface area contributed by atoms with Crippen LogP contribution in [0.25, 0.3) is 0 Å². The normalized spacial score (nSPS) is 21.1. The van der Waals surface area contributed by atoms with Gasteiger partial charge >= 0.3 is 0 Å². The van der Waals surface area contributed by atoms with Gasteiger partial charge in [0.1, 0.15) is 18.2 Å². The van der Waals surface area contributed by atoms with E-state index in [1.165, 1.54) is 12.4 Å². The fourth-order valence-corrected chi connectivity index (χ4v) is 4.33. The Morgan fingerprint density at radius 1 is 1.14 bits per heavy atom. The molecule has 1 N–H and O–H groups in total. The first-order valence-electron chi connectivity index (χ1n) is 9.04. The lowest BCUT2D eigenvalue weighted by atomic mass is 9.78. The third-order valence-electron chi connectivity index (χ3n) is 5.38. The van der Waals surface area contributed by atoms with Crippen molar-refractivity contribution in [1.29, 1.82) is 0 Å². The number of nitrogens with zero attached hydrogens (tertiary/aromatic N) is 3. The first-order chi connectivity index (χ1) is 13.6. The molecule has 0 saturated heterocycles. The van der Waals surface area contributed by atoms with Crippen molar-refractivity contribution in [3.63, 3.8) is 0 Å². The molecule has 5 rings (SSSR count). The van der Waals surface area contributed by atoms with E-state index in [0.29, 0.717) is 34.9 Å². The highest BCUT2D eigenvalue weighted by molar-refractivity contribution is 6.30. The molecule has 5 nitrogen and oxygen atoms in total. The van der Waals surface area contributed by atoms with Gasteiger partial charge in [-0.05, 0) is 36.1 Å². The van der Waals surface area contributed by atoms with Gasteiger partial charge in [-0.3, -0.25) is 4.79 Å². The molecule has 2 aromatic carbocycles. The van der Waals surface area contributed by atoms with Gasteiger partial charge in [0, 0.05) is 28.3 Å². The Labute approximate surface area is 165 Å². The predicted molar refractivity (Wildman–Crippen MR) is 104 cm³/mol. The Morgan fingerprint density at radius 3 is 2.82 bits per heavy atom. The second-order valence-electron chi connectivity index (χ2n) is 7.05. The summed E-state index contributed by atoms with van der Waals surface area (Å²) >= 11 is 6.13. The van der Waals surface area contributed by atoms with E-state index in [2.05, 4.69) is 15.4 Å². The number of carbonyl (C=O) groups is 1. The minimum Gasteiger partial charge on any atom is -0.328 e. The fraction of sp³-hybridized carbons (Fsp3) is 0.190. The van der Waals surface area contributed by atoms with Crippen LogP contribution >= 0.6 is 11.6 Å². The summed E-state index contributed by atoms with van der Waals surface area (Å²) in [5, 5.41) is 8.12. The monoisotopic (exact) mass is 394 g/mol. The van der Waals surface area contributed by atoms with Crippen LogP contribution < -0.4 is 5.32 Å². The van der Waals surface area contributed by atoms with E-state index in [9.17, 15) is 9.18 Å². The first kappa shape index (κ1) is 17.1. The van der Waals surface area contributed by atoms with Crippen molar-refractivity contribution in [3.05, 3.63) is 88.1 Å². The number of hydrogen-bond acceptors (Lipinski definition) is 4. The lowest BCUT2D eigenvalue weighted by Crippen LogP contribution is -2.34. The third-order valence-corrected chi connectivity index (χ3v) is 5.62. The Hall–Kier alpha value is -2.99. The summed E-state index contributed by atoms with van der Waals surface area (Å²) in [5.74, 6) is 0.125. The van der Waals surface area contributed by atoms with Gasteiger partial charge in [0.2, 0.25) is 5.95 Å². The minimum atomic E-state index is -0.622. The largest absolute Gasteiger partial charge is 0.328 e. The number of aromatic nitrogens is 3. The number of carbonyl (C=O) groups excluding carboxylic acids is 1. The summed E-state index contributed by atoms with van der Waals surface area (Å²) in [6.45, 7) is 0. The lowest BCUT2D eigenvalue weighted by Gasteiger charge is -2.35. The maximum Gasteiger partial charge on any atom is 0.226 e. The molecule has 2 atom stereocenters. The molecule has 0 saturated carbocycles. The van der Waals surface area contributed by atoms with Crippen molar-refractivity contribution in [2.24, 2.45) is 0 Å². The number of hydrogen-bond donors (Lipinski definition) is 1. The Morgan fingerprint density at radius 2 is 2.00 bits per heavy atom. The van der Waals surface area contributed by atoms with Crippen molar-refractivity contribution < 1.29 is 9.18 Å². The van der Waals surface area contributed by atoms with Crippen molar-refractivity contribution in [2.45, 2.75) is 24.8 Å². The average molecular weight is 395 g/mol. The van der Waals surface area contributed by atoms with E-state index in [-0.39, 0.29) is 17.5 Å². The molecule has 1 aromatic heterocycles. The van der Waals surface area contributed by atoms with E-state index in [0.717, 1.165) is 11.3 Å². The smallest absolute Gasteiger partial charge is 0.226 e. The number of nitrogens with one attached hydrogen (secondary N) is 1. The van der Waals surface area contributed by atoms with Gasteiger partial charge in [-0.1, -0.05) is 41.9 Å². The van der Waals surface area contributed by atoms with Crippen molar-refractivity contribution in [3.8, 4) is 0 Å². The Kier molecular flexibility index (Phi) is 4.02. The molecule has 1 aliphatic heterocycles. The van der Waals surface area contributed by atoms with Gasteiger partial charge in [-0.25, -0.2) is 9.07 Å². The zero-order chi connectivity index (χ0) is 19.3. The summed E-state index contributed by atoms with van der Waals surface area (Å²) in [7, 11) is 0. The highest BCUT2D eigenvalue weighted by Gasteiger charge is 2.40. The molecule has 0 unspecified atom stereocenters. The number of rotatable bonds is 2. The molecular weight excluding hydrogens is 379 g/mol. The van der Waals surface area contributed by atoms with Crippen molar-refractivity contribution in [1.82, 2.24) is 14.8 Å². The maximum absolute atomic E-state index is 14.6. The number of Topliss-reactive ketones (excluding diaryl/α,β-unsaturated/α-hetero) is 1. The van der Waals surface area contributed by atoms with Gasteiger partial charge in [0.15, 0.2) is 5.78 Å². The Bertz CT molecular complexity index is 1120. The van der Waals surface area contributed by atoms with E-state index in [1.54, 1.807) is 22.9 Å². The average Bonchev–Trinajstić information content (AvgIpc) is 3.15. The molecule has 0 bridgehead atoms. The van der Waals surface area contributed by atoms with Crippen molar-refractivity contribution >= 4 is 23.3 Å². The summed E-state index contributed by atoms with van der Waals surface area (Å²) in [6.07, 6.45) is 2.38. The SMILES string of the molecule is O=C1C[C@H](c2cccc(Cl)c2)CC2=C1[C@@H](c1ccccc1F)n1ncnc1N2. The quantitative estimate of drug-likeness (QED) is 0.695. The minimum absolute atomic E-state index is 0.00758. The number of fused-ring (bicyclic) bond motifs is 1. The summed E-state index contributed by atoms with van der Waals surface area (Å²) < 4.78 is 16.2. The molecule has 28 heavy (non-hydrogen) atoms.